The molecule has 0 aliphatic heterocycles. The Morgan fingerprint density at radius 2 is 2.00 bits per heavy atom. The second-order valence-corrected chi connectivity index (χ2v) is 7.22. The van der Waals surface area contributed by atoms with Crippen molar-refractivity contribution in [1.82, 2.24) is 9.97 Å². The third-order valence-electron chi connectivity index (χ3n) is 4.09. The standard InChI is InChI=1S/C20H20N6OS/c1-11-5-4-6-12(2)16(11)17-18(19(22)24-10-21)28-20(26-17)14-7-8-23-15(9-14)25-13(3)27/h4-10H,1-3H3,(H3,21,22,24)(H,23,25,27). The number of amidine groups is 1. The largest absolute Gasteiger partial charge is 0.382 e. The highest BCUT2D eigenvalue weighted by Crippen LogP contribution is 2.37. The van der Waals surface area contributed by atoms with E-state index in [1.807, 2.05) is 38.1 Å². The van der Waals surface area contributed by atoms with E-state index in [1.54, 1.807) is 12.3 Å². The number of hydrogen-bond acceptors (Lipinski definition) is 5. The maximum absolute atomic E-state index is 11.3. The first kappa shape index (κ1) is 19.4. The topological polar surface area (TPSA) is 117 Å². The van der Waals surface area contributed by atoms with E-state index >= 15 is 0 Å². The minimum absolute atomic E-state index is 0.192. The zero-order chi connectivity index (χ0) is 20.3. The summed E-state index contributed by atoms with van der Waals surface area (Å²) in [5, 5.41) is 10.7. The molecular weight excluding hydrogens is 372 g/mol. The average Bonchev–Trinajstić information content (AvgIpc) is 3.06. The van der Waals surface area contributed by atoms with Crippen molar-refractivity contribution >= 4 is 35.2 Å². The number of aliphatic imine (C=N–C) groups is 1. The van der Waals surface area contributed by atoms with Crippen molar-refractivity contribution in [3.8, 4) is 21.8 Å². The fourth-order valence-corrected chi connectivity index (χ4v) is 3.89. The molecule has 7 nitrogen and oxygen atoms in total. The Kier molecular flexibility index (Phi) is 5.60. The van der Waals surface area contributed by atoms with Gasteiger partial charge in [0.15, 0.2) is 0 Å². The number of amides is 1. The maximum Gasteiger partial charge on any atom is 0.222 e. The van der Waals surface area contributed by atoms with Gasteiger partial charge in [-0.05, 0) is 37.1 Å². The molecule has 0 unspecified atom stereocenters. The highest BCUT2D eigenvalue weighted by Gasteiger charge is 2.20. The molecule has 3 aromatic rings. The molecule has 142 valence electrons. The predicted octanol–water partition coefficient (Wildman–Crippen LogP) is 3.76. The van der Waals surface area contributed by atoms with Gasteiger partial charge in [-0.1, -0.05) is 18.2 Å². The van der Waals surface area contributed by atoms with E-state index in [0.717, 1.165) is 39.3 Å². The Bertz CT molecular complexity index is 1070. The van der Waals surface area contributed by atoms with Crippen LogP contribution in [0.15, 0.2) is 41.5 Å². The van der Waals surface area contributed by atoms with Crippen molar-refractivity contribution in [1.29, 1.82) is 5.41 Å². The summed E-state index contributed by atoms with van der Waals surface area (Å²) in [6, 6.07) is 9.64. The number of pyridine rings is 1. The van der Waals surface area contributed by atoms with Gasteiger partial charge in [-0.3, -0.25) is 10.2 Å². The van der Waals surface area contributed by atoms with E-state index in [0.29, 0.717) is 10.7 Å². The molecule has 2 heterocycles. The van der Waals surface area contributed by atoms with Crippen molar-refractivity contribution in [2.75, 3.05) is 5.32 Å². The summed E-state index contributed by atoms with van der Waals surface area (Å²) in [6.45, 7) is 5.48. The van der Waals surface area contributed by atoms with E-state index in [-0.39, 0.29) is 11.7 Å². The van der Waals surface area contributed by atoms with Crippen LogP contribution >= 0.6 is 11.3 Å². The molecule has 0 fully saturated rings. The number of thiazole rings is 1. The first-order valence-corrected chi connectivity index (χ1v) is 9.36. The van der Waals surface area contributed by atoms with Crippen LogP contribution in [0.1, 0.15) is 22.9 Å². The number of hydrogen-bond donors (Lipinski definition) is 3. The molecule has 0 saturated carbocycles. The molecule has 0 atom stereocenters. The van der Waals surface area contributed by atoms with E-state index in [9.17, 15) is 4.79 Å². The van der Waals surface area contributed by atoms with Crippen molar-refractivity contribution in [2.24, 2.45) is 10.7 Å². The van der Waals surface area contributed by atoms with Crippen LogP contribution in [-0.2, 0) is 4.79 Å². The van der Waals surface area contributed by atoms with Crippen LogP contribution < -0.4 is 11.1 Å². The van der Waals surface area contributed by atoms with E-state index in [1.165, 1.54) is 18.3 Å². The molecule has 3 rings (SSSR count). The van der Waals surface area contributed by atoms with E-state index < -0.39 is 0 Å². The van der Waals surface area contributed by atoms with Gasteiger partial charge in [0, 0.05) is 24.2 Å². The molecule has 1 aromatic carbocycles. The number of carbonyl (C=O) groups is 1. The predicted molar refractivity (Wildman–Crippen MR) is 114 cm³/mol. The number of nitrogens with two attached hydrogens (primary N) is 1. The Morgan fingerprint density at radius 1 is 1.29 bits per heavy atom. The Labute approximate surface area is 166 Å². The average molecular weight is 392 g/mol. The number of carbonyl (C=O) groups excluding carboxylic acids is 1. The second kappa shape index (κ2) is 8.10. The normalized spacial score (nSPS) is 11.3. The number of nitrogens with zero attached hydrogens (tertiary/aromatic N) is 3. The lowest BCUT2D eigenvalue weighted by atomic mass is 9.99. The SMILES string of the molecule is CC(=O)Nc1cc(-c2nc(-c3c(C)cccc3C)c(C(N)=NC=N)s2)ccn1. The smallest absolute Gasteiger partial charge is 0.222 e. The molecule has 0 spiro atoms. The zero-order valence-corrected chi connectivity index (χ0v) is 16.6. The lowest BCUT2D eigenvalue weighted by molar-refractivity contribution is -0.114. The molecule has 0 aliphatic rings. The highest BCUT2D eigenvalue weighted by atomic mass is 32.1. The maximum atomic E-state index is 11.3. The molecule has 0 bridgehead atoms. The number of rotatable bonds is 5. The number of aryl methyl sites for hydroxylation is 2. The summed E-state index contributed by atoms with van der Waals surface area (Å²) in [5.41, 5.74) is 10.8. The van der Waals surface area contributed by atoms with Crippen LogP contribution in [0.2, 0.25) is 0 Å². The Hall–Kier alpha value is -3.39. The summed E-state index contributed by atoms with van der Waals surface area (Å²) in [5.74, 6) is 0.507. The van der Waals surface area contributed by atoms with Gasteiger partial charge in [-0.25, -0.2) is 15.0 Å². The van der Waals surface area contributed by atoms with Gasteiger partial charge in [0.05, 0.1) is 10.6 Å². The second-order valence-electron chi connectivity index (χ2n) is 6.22. The molecule has 1 amide bonds. The summed E-state index contributed by atoms with van der Waals surface area (Å²) < 4.78 is 0. The van der Waals surface area contributed by atoms with Crippen LogP contribution in [0.5, 0.6) is 0 Å². The monoisotopic (exact) mass is 392 g/mol. The highest BCUT2D eigenvalue weighted by molar-refractivity contribution is 7.17. The third kappa shape index (κ3) is 3.96. The van der Waals surface area contributed by atoms with E-state index in [2.05, 4.69) is 15.3 Å². The molecule has 0 radical (unpaired) electrons. The lowest BCUT2D eigenvalue weighted by Crippen LogP contribution is -2.13. The number of anilines is 1. The molecular formula is C20H20N6OS. The van der Waals surface area contributed by atoms with Crippen LogP contribution in [0, 0.1) is 19.3 Å². The summed E-state index contributed by atoms with van der Waals surface area (Å²) in [7, 11) is 0. The Balaban J connectivity index is 2.19. The van der Waals surface area contributed by atoms with Crippen LogP contribution in [0.4, 0.5) is 5.82 Å². The van der Waals surface area contributed by atoms with E-state index in [4.69, 9.17) is 16.1 Å². The molecule has 0 aliphatic carbocycles. The Morgan fingerprint density at radius 3 is 2.64 bits per heavy atom. The minimum Gasteiger partial charge on any atom is -0.382 e. The van der Waals surface area contributed by atoms with Gasteiger partial charge < -0.3 is 11.1 Å². The van der Waals surface area contributed by atoms with Gasteiger partial charge in [-0.2, -0.15) is 0 Å². The van der Waals surface area contributed by atoms with Crippen LogP contribution in [0.25, 0.3) is 21.8 Å². The van der Waals surface area contributed by atoms with Crippen molar-refractivity contribution in [3.63, 3.8) is 0 Å². The number of benzene rings is 1. The third-order valence-corrected chi connectivity index (χ3v) is 5.22. The van der Waals surface area contributed by atoms with Crippen molar-refractivity contribution in [3.05, 3.63) is 52.5 Å². The quantitative estimate of drug-likeness (QED) is 0.452. The van der Waals surface area contributed by atoms with Crippen molar-refractivity contribution < 1.29 is 4.79 Å². The van der Waals surface area contributed by atoms with Gasteiger partial charge in [0.25, 0.3) is 0 Å². The minimum atomic E-state index is -0.192. The number of aromatic nitrogens is 2. The summed E-state index contributed by atoms with van der Waals surface area (Å²) in [4.78, 5) is 25.0. The van der Waals surface area contributed by atoms with Gasteiger partial charge in [0.2, 0.25) is 5.91 Å². The first-order valence-electron chi connectivity index (χ1n) is 8.54. The first-order chi connectivity index (χ1) is 13.4. The summed E-state index contributed by atoms with van der Waals surface area (Å²) >= 11 is 1.39. The molecule has 2 aromatic heterocycles. The zero-order valence-electron chi connectivity index (χ0n) is 15.8. The molecule has 28 heavy (non-hydrogen) atoms. The lowest BCUT2D eigenvalue weighted by Gasteiger charge is -2.09. The molecule has 0 saturated heterocycles. The molecule has 4 N–H and O–H groups in total. The van der Waals surface area contributed by atoms with Crippen LogP contribution in [0.3, 0.4) is 0 Å². The number of nitrogens with one attached hydrogen (secondary N) is 2. The van der Waals surface area contributed by atoms with Gasteiger partial charge in [-0.15, -0.1) is 11.3 Å². The van der Waals surface area contributed by atoms with Gasteiger partial charge >= 0.3 is 0 Å². The van der Waals surface area contributed by atoms with Crippen LogP contribution in [-0.4, -0.2) is 28.0 Å². The fraction of sp³-hybridized carbons (Fsp3) is 0.150. The summed E-state index contributed by atoms with van der Waals surface area (Å²) in [6.07, 6.45) is 2.54. The molecule has 8 heteroatoms. The van der Waals surface area contributed by atoms with Gasteiger partial charge in [0.1, 0.15) is 23.0 Å². The van der Waals surface area contributed by atoms with Crippen molar-refractivity contribution in [2.45, 2.75) is 20.8 Å². The fourth-order valence-electron chi connectivity index (χ4n) is 2.92.